The molecule has 0 unspecified atom stereocenters. The molecule has 0 amide bonds. The van der Waals surface area contributed by atoms with Gasteiger partial charge >= 0.3 is 6.85 Å². The standard InChI is InChI=1S/C63H71BN2O/c1-38-31-45-43-24-21-41(59(5,6)7)34-52(43)66(42-23-25-47-48(35-42)61(10,11)28-27-60(47,8)9)64-55(45)53(32-38)65(51-26-22-40(58(2,3)4)33-44(51)39-19-17-16-18-20-39)56-46-36-49-50(37-54(46)67-57(56)64)63(14,15)30-29-62(49,12)13/h16-26,31-37H,27-30H2,1-15H3. The molecule has 3 nitrogen and oxygen atoms in total. The van der Waals surface area contributed by atoms with Gasteiger partial charge in [0.25, 0.3) is 0 Å². The van der Waals surface area contributed by atoms with Crippen molar-refractivity contribution in [2.24, 2.45) is 0 Å². The van der Waals surface area contributed by atoms with Gasteiger partial charge in [-0.25, -0.2) is 0 Å². The molecule has 4 heteroatoms. The average Bonchev–Trinajstić information content (AvgIpc) is 3.64. The maximum absolute atomic E-state index is 7.74. The molecule has 11 rings (SSSR count). The predicted octanol–water partition coefficient (Wildman–Crippen LogP) is 16.4. The topological polar surface area (TPSA) is 19.6 Å². The van der Waals surface area contributed by atoms with Crippen LogP contribution in [0.25, 0.3) is 33.2 Å². The van der Waals surface area contributed by atoms with Crippen molar-refractivity contribution in [3.8, 4) is 22.3 Å². The van der Waals surface area contributed by atoms with Gasteiger partial charge < -0.3 is 14.1 Å². The Hall–Kier alpha value is -5.48. The number of benzene rings is 6. The van der Waals surface area contributed by atoms with Crippen LogP contribution in [0.3, 0.4) is 0 Å². The fourth-order valence-corrected chi connectivity index (χ4v) is 12.4. The minimum Gasteiger partial charge on any atom is -0.466 e. The monoisotopic (exact) mass is 883 g/mol. The second-order valence-corrected chi connectivity index (χ2v) is 25.7. The maximum atomic E-state index is 7.74. The van der Waals surface area contributed by atoms with Gasteiger partial charge in [0, 0.05) is 33.6 Å². The molecule has 6 aromatic carbocycles. The Bertz CT molecular complexity index is 3180. The summed E-state index contributed by atoms with van der Waals surface area (Å²) in [5.74, 6) is 0. The second-order valence-electron chi connectivity index (χ2n) is 25.7. The molecular formula is C63H71BN2O. The minimum atomic E-state index is -0.225. The molecule has 0 spiro atoms. The molecule has 67 heavy (non-hydrogen) atoms. The number of nitrogens with zero attached hydrogens (tertiary/aromatic N) is 2. The third kappa shape index (κ3) is 6.73. The summed E-state index contributed by atoms with van der Waals surface area (Å²) in [6.07, 6.45) is 4.64. The Kier molecular flexibility index (Phi) is 9.39. The first-order valence-corrected chi connectivity index (χ1v) is 25.2. The zero-order valence-corrected chi connectivity index (χ0v) is 43.1. The lowest BCUT2D eigenvalue weighted by molar-refractivity contribution is 0.332. The van der Waals surface area contributed by atoms with E-state index in [2.05, 4.69) is 223 Å². The maximum Gasteiger partial charge on any atom is 0.375 e. The molecule has 2 aliphatic heterocycles. The van der Waals surface area contributed by atoms with Gasteiger partial charge in [-0.15, -0.1) is 0 Å². The average molecular weight is 883 g/mol. The van der Waals surface area contributed by atoms with Crippen LogP contribution < -0.4 is 20.8 Å². The van der Waals surface area contributed by atoms with Crippen molar-refractivity contribution >= 4 is 57.4 Å². The second kappa shape index (κ2) is 14.3. The van der Waals surface area contributed by atoms with E-state index in [-0.39, 0.29) is 39.3 Å². The summed E-state index contributed by atoms with van der Waals surface area (Å²) in [6.45, 7) is 35.6. The normalized spacial score (nSPS) is 18.5. The Morgan fingerprint density at radius 3 is 1.73 bits per heavy atom. The van der Waals surface area contributed by atoms with Gasteiger partial charge in [0.05, 0.1) is 11.4 Å². The van der Waals surface area contributed by atoms with E-state index in [9.17, 15) is 0 Å². The summed E-state index contributed by atoms with van der Waals surface area (Å²) < 4.78 is 7.74. The summed E-state index contributed by atoms with van der Waals surface area (Å²) in [4.78, 5) is 5.31. The zero-order chi connectivity index (χ0) is 47.5. The van der Waals surface area contributed by atoms with Gasteiger partial charge in [0.1, 0.15) is 11.2 Å². The fraction of sp³-hybridized carbons (Fsp3) is 0.397. The van der Waals surface area contributed by atoms with Crippen LogP contribution in [0.5, 0.6) is 0 Å². The smallest absolute Gasteiger partial charge is 0.375 e. The van der Waals surface area contributed by atoms with Gasteiger partial charge in [-0.3, -0.25) is 0 Å². The van der Waals surface area contributed by atoms with Crippen molar-refractivity contribution in [2.75, 3.05) is 9.71 Å². The lowest BCUT2D eigenvalue weighted by Gasteiger charge is -2.46. The Labute approximate surface area is 402 Å². The SMILES string of the molecule is Cc1cc2c3c(c1)N(c1ccc(C(C)(C)C)cc1-c1ccccc1)c1c(oc4cc5c(cc14)C(C)(C)CCC5(C)C)B3N(c1ccc3c(c1)C(C)(C)CCC3(C)C)c1cc(C(C)(C)C)ccc1-2. The van der Waals surface area contributed by atoms with Crippen LogP contribution in [0.2, 0.25) is 0 Å². The van der Waals surface area contributed by atoms with Crippen LogP contribution in [-0.2, 0) is 32.5 Å². The van der Waals surface area contributed by atoms with Gasteiger partial charge in [-0.2, -0.15) is 0 Å². The number of aryl methyl sites for hydroxylation is 1. The van der Waals surface area contributed by atoms with Crippen LogP contribution in [0.4, 0.5) is 28.4 Å². The summed E-state index contributed by atoms with van der Waals surface area (Å²) >= 11 is 0. The van der Waals surface area contributed by atoms with E-state index in [1.807, 2.05) is 0 Å². The van der Waals surface area contributed by atoms with Crippen molar-refractivity contribution in [1.29, 1.82) is 0 Å². The van der Waals surface area contributed by atoms with Crippen molar-refractivity contribution in [1.82, 2.24) is 0 Å². The number of furan rings is 1. The Balaban J connectivity index is 1.29. The Morgan fingerprint density at radius 2 is 1.09 bits per heavy atom. The zero-order valence-electron chi connectivity index (χ0n) is 43.1. The summed E-state index contributed by atoms with van der Waals surface area (Å²) in [5, 5.41) is 1.19. The van der Waals surface area contributed by atoms with Crippen molar-refractivity contribution in [2.45, 2.75) is 162 Å². The molecule has 0 radical (unpaired) electrons. The summed E-state index contributed by atoms with van der Waals surface area (Å²) in [6, 6.07) is 43.0. The number of hydrogen-bond acceptors (Lipinski definition) is 3. The highest BCUT2D eigenvalue weighted by molar-refractivity contribution is 6.93. The van der Waals surface area contributed by atoms with Crippen LogP contribution in [0.1, 0.15) is 162 Å². The van der Waals surface area contributed by atoms with Crippen LogP contribution in [-0.4, -0.2) is 6.85 Å². The molecule has 1 aromatic heterocycles. The highest BCUT2D eigenvalue weighted by Gasteiger charge is 2.50. The molecule has 4 aliphatic rings. The van der Waals surface area contributed by atoms with Crippen LogP contribution >= 0.6 is 0 Å². The van der Waals surface area contributed by atoms with Crippen LogP contribution in [0, 0.1) is 6.92 Å². The third-order valence-electron chi connectivity index (χ3n) is 16.9. The largest absolute Gasteiger partial charge is 0.466 e. The van der Waals surface area contributed by atoms with Gasteiger partial charge in [0.15, 0.2) is 0 Å². The molecule has 0 saturated heterocycles. The summed E-state index contributed by atoms with van der Waals surface area (Å²) in [5.41, 5.74) is 24.2. The van der Waals surface area contributed by atoms with E-state index < -0.39 is 0 Å². The number of rotatable bonds is 3. The number of hydrogen-bond donors (Lipinski definition) is 0. The molecule has 7 aromatic rings. The van der Waals surface area contributed by atoms with Crippen molar-refractivity contribution in [3.63, 3.8) is 0 Å². The molecule has 342 valence electrons. The molecule has 2 aliphatic carbocycles. The Morgan fingerprint density at radius 1 is 0.507 bits per heavy atom. The first kappa shape index (κ1) is 44.1. The highest BCUT2D eigenvalue weighted by atomic mass is 16.3. The quantitative estimate of drug-likeness (QED) is 0.165. The fourth-order valence-electron chi connectivity index (χ4n) is 12.4. The minimum absolute atomic E-state index is 0.0246. The van der Waals surface area contributed by atoms with Gasteiger partial charge in [0.2, 0.25) is 0 Å². The van der Waals surface area contributed by atoms with E-state index in [4.69, 9.17) is 4.42 Å². The lowest BCUT2D eigenvalue weighted by Crippen LogP contribution is -2.61. The summed E-state index contributed by atoms with van der Waals surface area (Å²) in [7, 11) is 0. The molecule has 0 atom stereocenters. The number of fused-ring (bicyclic) bond motifs is 8. The molecule has 3 heterocycles. The van der Waals surface area contributed by atoms with Crippen molar-refractivity contribution in [3.05, 3.63) is 148 Å². The highest BCUT2D eigenvalue weighted by Crippen LogP contribution is 2.55. The van der Waals surface area contributed by atoms with E-state index in [1.165, 1.54) is 101 Å². The van der Waals surface area contributed by atoms with Gasteiger partial charge in [-0.1, -0.05) is 158 Å². The molecule has 0 bridgehead atoms. The molecule has 0 N–H and O–H groups in total. The predicted molar refractivity (Wildman–Crippen MR) is 288 cm³/mol. The molecule has 0 saturated carbocycles. The van der Waals surface area contributed by atoms with Gasteiger partial charge in [-0.05, 0) is 169 Å². The first-order valence-electron chi connectivity index (χ1n) is 25.2. The van der Waals surface area contributed by atoms with E-state index in [1.54, 1.807) is 0 Å². The van der Waals surface area contributed by atoms with E-state index in [0.717, 1.165) is 36.2 Å². The third-order valence-corrected chi connectivity index (χ3v) is 16.9. The van der Waals surface area contributed by atoms with Crippen molar-refractivity contribution < 1.29 is 4.42 Å². The van der Waals surface area contributed by atoms with E-state index >= 15 is 0 Å². The van der Waals surface area contributed by atoms with E-state index in [0.29, 0.717) is 0 Å². The molecule has 0 fully saturated rings. The van der Waals surface area contributed by atoms with Crippen LogP contribution in [0.15, 0.2) is 114 Å². The number of anilines is 5. The lowest BCUT2D eigenvalue weighted by atomic mass is 9.45. The molecular weight excluding hydrogens is 812 g/mol. The first-order chi connectivity index (χ1) is 31.4.